The van der Waals surface area contributed by atoms with Crippen molar-refractivity contribution < 1.29 is 19.1 Å². The van der Waals surface area contributed by atoms with E-state index < -0.39 is 5.97 Å². The molecule has 1 aliphatic rings. The summed E-state index contributed by atoms with van der Waals surface area (Å²) in [5, 5.41) is 8.59. The van der Waals surface area contributed by atoms with Crippen molar-refractivity contribution in [2.45, 2.75) is 51.0 Å². The predicted molar refractivity (Wildman–Crippen MR) is 81.0 cm³/mol. The monoisotopic (exact) mass is 307 g/mol. The zero-order chi connectivity index (χ0) is 16.1. The third-order valence-corrected chi connectivity index (χ3v) is 4.27. The predicted octanol–water partition coefficient (Wildman–Crippen LogP) is 3.18. The number of nitrogens with zero attached hydrogens (tertiary/aromatic N) is 1. The molecule has 1 heterocycles. The quantitative estimate of drug-likeness (QED) is 0.821. The number of hydrogen-bond acceptors (Lipinski definition) is 2. The molecule has 2 unspecified atom stereocenters. The molecule has 120 valence electrons. The van der Waals surface area contributed by atoms with Crippen molar-refractivity contribution in [3.05, 3.63) is 35.6 Å². The number of rotatable bonds is 6. The van der Waals surface area contributed by atoms with Crippen LogP contribution in [-0.4, -0.2) is 34.5 Å². The molecular formula is C17H22FNO3. The SMILES string of the molecule is CC1CC(c2ccc(F)cc2)CN1C(=O)CCCCC(=O)O. The Balaban J connectivity index is 1.86. The molecule has 1 amide bonds. The molecule has 0 spiro atoms. The third-order valence-electron chi connectivity index (χ3n) is 4.27. The lowest BCUT2D eigenvalue weighted by atomic mass is 9.97. The fraction of sp³-hybridized carbons (Fsp3) is 0.529. The van der Waals surface area contributed by atoms with Crippen LogP contribution in [0.5, 0.6) is 0 Å². The summed E-state index contributed by atoms with van der Waals surface area (Å²) in [6.45, 7) is 2.68. The highest BCUT2D eigenvalue weighted by Gasteiger charge is 2.32. The van der Waals surface area contributed by atoms with Gasteiger partial charge in [-0.05, 0) is 43.9 Å². The topological polar surface area (TPSA) is 57.6 Å². The lowest BCUT2D eigenvalue weighted by molar-refractivity contribution is -0.137. The Morgan fingerprint density at radius 3 is 2.50 bits per heavy atom. The van der Waals surface area contributed by atoms with E-state index in [4.69, 9.17) is 5.11 Å². The van der Waals surface area contributed by atoms with Gasteiger partial charge in [0.1, 0.15) is 5.82 Å². The van der Waals surface area contributed by atoms with Crippen molar-refractivity contribution in [2.75, 3.05) is 6.54 Å². The number of halogens is 1. The molecule has 2 rings (SSSR count). The van der Waals surface area contributed by atoms with E-state index in [1.54, 1.807) is 12.1 Å². The minimum Gasteiger partial charge on any atom is -0.481 e. The summed E-state index contributed by atoms with van der Waals surface area (Å²) in [6.07, 6.45) is 2.53. The molecule has 1 saturated heterocycles. The number of likely N-dealkylation sites (tertiary alicyclic amines) is 1. The van der Waals surface area contributed by atoms with Gasteiger partial charge in [-0.2, -0.15) is 0 Å². The van der Waals surface area contributed by atoms with Gasteiger partial charge in [0.15, 0.2) is 0 Å². The summed E-state index contributed by atoms with van der Waals surface area (Å²) in [4.78, 5) is 24.6. The highest BCUT2D eigenvalue weighted by molar-refractivity contribution is 5.77. The maximum Gasteiger partial charge on any atom is 0.303 e. The molecule has 0 aromatic heterocycles. The van der Waals surface area contributed by atoms with Crippen LogP contribution >= 0.6 is 0 Å². The first-order valence-corrected chi connectivity index (χ1v) is 7.74. The van der Waals surface area contributed by atoms with Gasteiger partial charge in [0.25, 0.3) is 0 Å². The molecule has 2 atom stereocenters. The summed E-state index contributed by atoms with van der Waals surface area (Å²) >= 11 is 0. The molecule has 0 radical (unpaired) electrons. The number of carbonyl (C=O) groups excluding carboxylic acids is 1. The van der Waals surface area contributed by atoms with Gasteiger partial charge in [0.2, 0.25) is 5.91 Å². The van der Waals surface area contributed by atoms with Crippen LogP contribution in [0.15, 0.2) is 24.3 Å². The van der Waals surface area contributed by atoms with Crippen LogP contribution in [0.2, 0.25) is 0 Å². The van der Waals surface area contributed by atoms with Gasteiger partial charge in [-0.1, -0.05) is 12.1 Å². The first-order chi connectivity index (χ1) is 10.5. The lowest BCUT2D eigenvalue weighted by Crippen LogP contribution is -2.33. The van der Waals surface area contributed by atoms with Gasteiger partial charge >= 0.3 is 5.97 Å². The number of amides is 1. The van der Waals surface area contributed by atoms with E-state index in [9.17, 15) is 14.0 Å². The van der Waals surface area contributed by atoms with Crippen LogP contribution in [0.4, 0.5) is 4.39 Å². The molecule has 1 aromatic carbocycles. The molecule has 1 fully saturated rings. The van der Waals surface area contributed by atoms with Crippen LogP contribution in [0.3, 0.4) is 0 Å². The number of carboxylic acids is 1. The molecule has 0 bridgehead atoms. The number of carboxylic acid groups (broad SMARTS) is 1. The van der Waals surface area contributed by atoms with Crippen LogP contribution in [0.1, 0.15) is 50.5 Å². The van der Waals surface area contributed by atoms with Gasteiger partial charge in [0, 0.05) is 31.3 Å². The van der Waals surface area contributed by atoms with E-state index in [0.717, 1.165) is 12.0 Å². The van der Waals surface area contributed by atoms with Crippen molar-refractivity contribution >= 4 is 11.9 Å². The van der Waals surface area contributed by atoms with E-state index >= 15 is 0 Å². The fourth-order valence-corrected chi connectivity index (χ4v) is 3.05. The van der Waals surface area contributed by atoms with E-state index in [-0.39, 0.29) is 30.1 Å². The van der Waals surface area contributed by atoms with Crippen LogP contribution < -0.4 is 0 Å². The second kappa shape index (κ2) is 7.38. The molecule has 1 aliphatic heterocycles. The van der Waals surface area contributed by atoms with Gasteiger partial charge < -0.3 is 10.0 Å². The van der Waals surface area contributed by atoms with Gasteiger partial charge in [-0.15, -0.1) is 0 Å². The Morgan fingerprint density at radius 2 is 1.86 bits per heavy atom. The minimum atomic E-state index is -0.821. The van der Waals surface area contributed by atoms with Crippen molar-refractivity contribution in [1.82, 2.24) is 4.90 Å². The van der Waals surface area contributed by atoms with Crippen LogP contribution in [0.25, 0.3) is 0 Å². The Hall–Kier alpha value is -1.91. The second-order valence-corrected chi connectivity index (χ2v) is 5.98. The average Bonchev–Trinajstić information content (AvgIpc) is 2.86. The molecule has 1 aromatic rings. The molecule has 0 aliphatic carbocycles. The molecule has 5 heteroatoms. The normalized spacial score (nSPS) is 21.1. The van der Waals surface area contributed by atoms with Crippen molar-refractivity contribution in [1.29, 1.82) is 0 Å². The van der Waals surface area contributed by atoms with E-state index in [0.29, 0.717) is 25.8 Å². The average molecular weight is 307 g/mol. The maximum absolute atomic E-state index is 13.0. The minimum absolute atomic E-state index is 0.0856. The largest absolute Gasteiger partial charge is 0.481 e. The van der Waals surface area contributed by atoms with E-state index in [2.05, 4.69) is 0 Å². The van der Waals surface area contributed by atoms with E-state index in [1.165, 1.54) is 12.1 Å². The summed E-state index contributed by atoms with van der Waals surface area (Å²) < 4.78 is 13.0. The molecular weight excluding hydrogens is 285 g/mol. The maximum atomic E-state index is 13.0. The zero-order valence-electron chi connectivity index (χ0n) is 12.8. The number of unbranched alkanes of at least 4 members (excludes halogenated alkanes) is 1. The summed E-state index contributed by atoms with van der Waals surface area (Å²) in [5.41, 5.74) is 1.06. The smallest absolute Gasteiger partial charge is 0.303 e. The number of hydrogen-bond donors (Lipinski definition) is 1. The van der Waals surface area contributed by atoms with Crippen molar-refractivity contribution in [3.8, 4) is 0 Å². The number of carbonyl (C=O) groups is 2. The Morgan fingerprint density at radius 1 is 1.23 bits per heavy atom. The summed E-state index contributed by atoms with van der Waals surface area (Å²) in [7, 11) is 0. The van der Waals surface area contributed by atoms with Crippen molar-refractivity contribution in [2.24, 2.45) is 0 Å². The second-order valence-electron chi connectivity index (χ2n) is 5.98. The third kappa shape index (κ3) is 4.29. The lowest BCUT2D eigenvalue weighted by Gasteiger charge is -2.21. The Kier molecular flexibility index (Phi) is 5.52. The first kappa shape index (κ1) is 16.5. The standard InChI is InChI=1S/C17H22FNO3/c1-12-10-14(13-6-8-15(18)9-7-13)11-19(12)16(20)4-2-3-5-17(21)22/h6-9,12,14H,2-5,10-11H2,1H3,(H,21,22). The van der Waals surface area contributed by atoms with Crippen molar-refractivity contribution in [3.63, 3.8) is 0 Å². The highest BCUT2D eigenvalue weighted by atomic mass is 19.1. The first-order valence-electron chi connectivity index (χ1n) is 7.74. The highest BCUT2D eigenvalue weighted by Crippen LogP contribution is 2.32. The molecule has 22 heavy (non-hydrogen) atoms. The van der Waals surface area contributed by atoms with Crippen LogP contribution in [-0.2, 0) is 9.59 Å². The Bertz CT molecular complexity index is 529. The van der Waals surface area contributed by atoms with Crippen LogP contribution in [0, 0.1) is 5.82 Å². The summed E-state index contributed by atoms with van der Waals surface area (Å²) in [6, 6.07) is 6.65. The molecule has 4 nitrogen and oxygen atoms in total. The zero-order valence-corrected chi connectivity index (χ0v) is 12.8. The number of aliphatic carboxylic acids is 1. The van der Waals surface area contributed by atoms with Gasteiger partial charge in [-0.3, -0.25) is 9.59 Å². The van der Waals surface area contributed by atoms with Gasteiger partial charge in [-0.25, -0.2) is 4.39 Å². The number of benzene rings is 1. The molecule has 1 N–H and O–H groups in total. The summed E-state index contributed by atoms with van der Waals surface area (Å²) in [5.74, 6) is -0.736. The fourth-order valence-electron chi connectivity index (χ4n) is 3.05. The molecule has 0 saturated carbocycles. The van der Waals surface area contributed by atoms with E-state index in [1.807, 2.05) is 11.8 Å². The Labute approximate surface area is 129 Å². The van der Waals surface area contributed by atoms with Gasteiger partial charge in [0.05, 0.1) is 0 Å².